The molecule has 2 aromatic heterocycles. The molecule has 0 saturated carbocycles. The van der Waals surface area contributed by atoms with E-state index in [1.54, 1.807) is 6.20 Å². The highest BCUT2D eigenvalue weighted by molar-refractivity contribution is 5.71. The summed E-state index contributed by atoms with van der Waals surface area (Å²) in [6.07, 6.45) is 1.99. The molecular formula is C16H13F3N4. The van der Waals surface area contributed by atoms with Crippen LogP contribution in [-0.4, -0.2) is 20.6 Å². The maximum atomic E-state index is 14.1. The molecule has 3 heterocycles. The van der Waals surface area contributed by atoms with Crippen molar-refractivity contribution in [3.8, 4) is 0 Å². The zero-order valence-corrected chi connectivity index (χ0v) is 12.0. The fourth-order valence-electron chi connectivity index (χ4n) is 3.22. The molecule has 0 radical (unpaired) electrons. The molecule has 2 N–H and O–H groups in total. The third-order valence-corrected chi connectivity index (χ3v) is 4.36. The van der Waals surface area contributed by atoms with Gasteiger partial charge < -0.3 is 10.3 Å². The molecule has 4 rings (SSSR count). The van der Waals surface area contributed by atoms with E-state index in [1.807, 2.05) is 16.7 Å². The first kappa shape index (κ1) is 14.2. The minimum atomic E-state index is -1.20. The fraction of sp³-hybridized carbons (Fsp3) is 0.250. The number of benzene rings is 1. The maximum Gasteiger partial charge on any atom is 0.177 e. The van der Waals surface area contributed by atoms with E-state index in [0.717, 1.165) is 17.4 Å². The number of fused-ring (bicyclic) bond motifs is 3. The Labute approximate surface area is 129 Å². The van der Waals surface area contributed by atoms with Gasteiger partial charge in [0.1, 0.15) is 11.6 Å². The molecule has 0 fully saturated rings. The second-order valence-corrected chi connectivity index (χ2v) is 5.75. The van der Waals surface area contributed by atoms with Gasteiger partial charge >= 0.3 is 0 Å². The SMILES string of the molecule is NC1Cn2c(nc3ncccc32)C[C@@H]1c1cc(F)c(F)cc1F. The molecule has 1 aliphatic heterocycles. The third-order valence-electron chi connectivity index (χ3n) is 4.36. The Kier molecular flexibility index (Phi) is 3.12. The second kappa shape index (κ2) is 5.06. The van der Waals surface area contributed by atoms with Crippen molar-refractivity contribution in [3.63, 3.8) is 0 Å². The number of imidazole rings is 1. The van der Waals surface area contributed by atoms with Gasteiger partial charge in [-0.25, -0.2) is 23.1 Å². The van der Waals surface area contributed by atoms with Gasteiger partial charge in [0.05, 0.1) is 5.52 Å². The van der Waals surface area contributed by atoms with E-state index >= 15 is 0 Å². The summed E-state index contributed by atoms with van der Waals surface area (Å²) in [5, 5.41) is 0. The van der Waals surface area contributed by atoms with E-state index in [9.17, 15) is 13.2 Å². The zero-order chi connectivity index (χ0) is 16.1. The van der Waals surface area contributed by atoms with Gasteiger partial charge in [-0.3, -0.25) is 0 Å². The minimum absolute atomic E-state index is 0.0858. The molecule has 1 aliphatic rings. The number of hydrogen-bond donors (Lipinski definition) is 1. The van der Waals surface area contributed by atoms with Crippen molar-refractivity contribution in [3.05, 3.63) is 59.3 Å². The molecule has 3 aromatic rings. The van der Waals surface area contributed by atoms with Crippen molar-refractivity contribution in [1.29, 1.82) is 0 Å². The maximum absolute atomic E-state index is 14.1. The van der Waals surface area contributed by atoms with Crippen LogP contribution in [0.4, 0.5) is 13.2 Å². The largest absolute Gasteiger partial charge is 0.326 e. The summed E-state index contributed by atoms with van der Waals surface area (Å²) in [5.74, 6) is -2.81. The van der Waals surface area contributed by atoms with E-state index in [1.165, 1.54) is 0 Å². The smallest absolute Gasteiger partial charge is 0.177 e. The van der Waals surface area contributed by atoms with E-state index in [-0.39, 0.29) is 5.56 Å². The van der Waals surface area contributed by atoms with E-state index in [4.69, 9.17) is 5.73 Å². The number of nitrogens with zero attached hydrogens (tertiary/aromatic N) is 3. The molecule has 0 saturated heterocycles. The highest BCUT2D eigenvalue weighted by Crippen LogP contribution is 2.33. The molecule has 118 valence electrons. The van der Waals surface area contributed by atoms with Crippen molar-refractivity contribution in [2.45, 2.75) is 24.9 Å². The molecule has 1 unspecified atom stereocenters. The van der Waals surface area contributed by atoms with Gasteiger partial charge in [0.2, 0.25) is 0 Å². The number of aromatic nitrogens is 3. The molecule has 4 nitrogen and oxygen atoms in total. The highest BCUT2D eigenvalue weighted by atomic mass is 19.2. The predicted octanol–water partition coefficient (Wildman–Crippen LogP) is 2.52. The van der Waals surface area contributed by atoms with Gasteiger partial charge in [-0.2, -0.15) is 0 Å². The molecule has 0 bridgehead atoms. The van der Waals surface area contributed by atoms with Crippen molar-refractivity contribution in [2.75, 3.05) is 0 Å². The average molecular weight is 318 g/mol. The van der Waals surface area contributed by atoms with Crippen molar-refractivity contribution in [2.24, 2.45) is 5.73 Å². The number of nitrogens with two attached hydrogens (primary N) is 1. The standard InChI is InChI=1S/C16H13F3N4/c17-10-6-12(19)11(18)4-8(10)9-5-15-22-16-14(2-1-3-21-16)23(15)7-13(9)20/h1-4,6,9,13H,5,7,20H2/t9-,13?/m1/s1. The van der Waals surface area contributed by atoms with Gasteiger partial charge in [-0.15, -0.1) is 0 Å². The second-order valence-electron chi connectivity index (χ2n) is 5.75. The Balaban J connectivity index is 1.79. The van der Waals surface area contributed by atoms with Crippen LogP contribution in [0.2, 0.25) is 0 Å². The average Bonchev–Trinajstić information content (AvgIpc) is 2.88. The Hall–Kier alpha value is -2.41. The summed E-state index contributed by atoms with van der Waals surface area (Å²) >= 11 is 0. The summed E-state index contributed by atoms with van der Waals surface area (Å²) in [5.41, 5.74) is 7.73. The fourth-order valence-corrected chi connectivity index (χ4v) is 3.22. The monoisotopic (exact) mass is 318 g/mol. The van der Waals surface area contributed by atoms with Crippen LogP contribution in [0.15, 0.2) is 30.5 Å². The molecule has 0 aliphatic carbocycles. The topological polar surface area (TPSA) is 56.7 Å². The van der Waals surface area contributed by atoms with E-state index in [2.05, 4.69) is 9.97 Å². The lowest BCUT2D eigenvalue weighted by molar-refractivity contribution is 0.392. The molecule has 2 atom stereocenters. The molecule has 0 spiro atoms. The first-order valence-electron chi connectivity index (χ1n) is 7.24. The Morgan fingerprint density at radius 2 is 1.91 bits per heavy atom. The number of rotatable bonds is 1. The Bertz CT molecular complexity index is 906. The van der Waals surface area contributed by atoms with Gasteiger partial charge in [0, 0.05) is 37.2 Å². The molecule has 1 aromatic carbocycles. The summed E-state index contributed by atoms with van der Waals surface area (Å²) in [6.45, 7) is 0.417. The molecular weight excluding hydrogens is 305 g/mol. The highest BCUT2D eigenvalue weighted by Gasteiger charge is 2.32. The van der Waals surface area contributed by atoms with Crippen LogP contribution in [0, 0.1) is 17.5 Å². The number of halogens is 3. The van der Waals surface area contributed by atoms with Gasteiger partial charge in [0.25, 0.3) is 0 Å². The van der Waals surface area contributed by atoms with Crippen LogP contribution < -0.4 is 5.73 Å². The summed E-state index contributed by atoms with van der Waals surface area (Å²) < 4.78 is 42.6. The zero-order valence-electron chi connectivity index (χ0n) is 12.0. The molecule has 0 amide bonds. The predicted molar refractivity (Wildman–Crippen MR) is 78.3 cm³/mol. The van der Waals surface area contributed by atoms with Crippen molar-refractivity contribution in [1.82, 2.24) is 14.5 Å². The quantitative estimate of drug-likeness (QED) is 0.702. The van der Waals surface area contributed by atoms with Crippen molar-refractivity contribution < 1.29 is 13.2 Å². The first-order valence-corrected chi connectivity index (χ1v) is 7.24. The first-order chi connectivity index (χ1) is 11.0. The normalized spacial score (nSPS) is 20.7. The number of pyridine rings is 1. The van der Waals surface area contributed by atoms with Crippen LogP contribution in [0.1, 0.15) is 17.3 Å². The Morgan fingerprint density at radius 1 is 1.13 bits per heavy atom. The molecule has 7 heteroatoms. The van der Waals surface area contributed by atoms with Gasteiger partial charge in [-0.05, 0) is 23.8 Å². The van der Waals surface area contributed by atoms with Crippen LogP contribution in [0.25, 0.3) is 11.2 Å². The lowest BCUT2D eigenvalue weighted by Crippen LogP contribution is -2.39. The van der Waals surface area contributed by atoms with E-state index < -0.39 is 29.4 Å². The molecule has 23 heavy (non-hydrogen) atoms. The minimum Gasteiger partial charge on any atom is -0.326 e. The Morgan fingerprint density at radius 3 is 2.74 bits per heavy atom. The van der Waals surface area contributed by atoms with Crippen LogP contribution in [-0.2, 0) is 13.0 Å². The van der Waals surface area contributed by atoms with Crippen LogP contribution in [0.3, 0.4) is 0 Å². The van der Waals surface area contributed by atoms with Crippen LogP contribution in [0.5, 0.6) is 0 Å². The van der Waals surface area contributed by atoms with Crippen molar-refractivity contribution >= 4 is 11.2 Å². The summed E-state index contributed by atoms with van der Waals surface area (Å²) in [7, 11) is 0. The van der Waals surface area contributed by atoms with Crippen LogP contribution >= 0.6 is 0 Å². The third kappa shape index (κ3) is 2.19. The van der Waals surface area contributed by atoms with E-state index in [0.29, 0.717) is 24.7 Å². The van der Waals surface area contributed by atoms with Gasteiger partial charge in [-0.1, -0.05) is 0 Å². The van der Waals surface area contributed by atoms with Gasteiger partial charge in [0.15, 0.2) is 17.3 Å². The summed E-state index contributed by atoms with van der Waals surface area (Å²) in [4.78, 5) is 8.63. The number of hydrogen-bond acceptors (Lipinski definition) is 3. The summed E-state index contributed by atoms with van der Waals surface area (Å²) in [6, 6.07) is 4.73. The lowest BCUT2D eigenvalue weighted by Gasteiger charge is -2.30. The lowest BCUT2D eigenvalue weighted by atomic mass is 9.86.